The van der Waals surface area contributed by atoms with Crippen molar-refractivity contribution in [3.8, 4) is 0 Å². The number of aromatic nitrogens is 1. The molecule has 0 spiro atoms. The fraction of sp³-hybridized carbons (Fsp3) is 0.294. The summed E-state index contributed by atoms with van der Waals surface area (Å²) in [5.41, 5.74) is -0.884. The lowest BCUT2D eigenvalue weighted by Crippen LogP contribution is -2.25. The van der Waals surface area contributed by atoms with E-state index >= 15 is 0 Å². The minimum atomic E-state index is -1.11. The number of anilines is 2. The highest BCUT2D eigenvalue weighted by Gasteiger charge is 2.20. The summed E-state index contributed by atoms with van der Waals surface area (Å²) in [6, 6.07) is 2.87. The number of amides is 2. The van der Waals surface area contributed by atoms with Gasteiger partial charge in [-0.15, -0.1) is 11.8 Å². The van der Waals surface area contributed by atoms with Gasteiger partial charge < -0.3 is 19.9 Å². The second kappa shape index (κ2) is 9.31. The van der Waals surface area contributed by atoms with Crippen LogP contribution in [0.1, 0.15) is 23.0 Å². The molecule has 1 atom stereocenters. The first-order valence-corrected chi connectivity index (χ1v) is 8.99. The predicted octanol–water partition coefficient (Wildman–Crippen LogP) is 2.75. The van der Waals surface area contributed by atoms with Gasteiger partial charge >= 0.3 is 5.97 Å². The molecule has 1 aromatic carbocycles. The van der Waals surface area contributed by atoms with Gasteiger partial charge in [0.25, 0.3) is 0 Å². The zero-order valence-electron chi connectivity index (χ0n) is 15.2. The van der Waals surface area contributed by atoms with E-state index < -0.39 is 40.2 Å². The van der Waals surface area contributed by atoms with E-state index in [0.29, 0.717) is 11.8 Å². The number of ether oxygens (including phenoxy) is 1. The van der Waals surface area contributed by atoms with Crippen molar-refractivity contribution in [3.63, 3.8) is 0 Å². The third kappa shape index (κ3) is 5.52. The summed E-state index contributed by atoms with van der Waals surface area (Å²) in [7, 11) is 1.05. The number of halogens is 2. The van der Waals surface area contributed by atoms with Crippen molar-refractivity contribution in [2.75, 3.05) is 23.5 Å². The zero-order valence-corrected chi connectivity index (χ0v) is 16.0. The van der Waals surface area contributed by atoms with E-state index in [-0.39, 0.29) is 17.3 Å². The number of aryl methyl sites for hydroxylation is 1. The normalized spacial score (nSPS) is 11.6. The summed E-state index contributed by atoms with van der Waals surface area (Å²) in [6.07, 6.45) is 0. The molecule has 0 unspecified atom stereocenters. The van der Waals surface area contributed by atoms with E-state index in [2.05, 4.69) is 20.5 Å². The van der Waals surface area contributed by atoms with Gasteiger partial charge in [0.2, 0.25) is 11.8 Å². The largest absolute Gasteiger partial charge is 0.465 e. The van der Waals surface area contributed by atoms with Crippen molar-refractivity contribution in [2.45, 2.75) is 19.1 Å². The van der Waals surface area contributed by atoms with Crippen molar-refractivity contribution in [3.05, 3.63) is 41.2 Å². The minimum Gasteiger partial charge on any atom is -0.465 e. The quantitative estimate of drug-likeness (QED) is 0.672. The smallest absolute Gasteiger partial charge is 0.340 e. The molecule has 11 heteroatoms. The Morgan fingerprint density at radius 3 is 2.54 bits per heavy atom. The third-order valence-corrected chi connectivity index (χ3v) is 4.59. The van der Waals surface area contributed by atoms with Gasteiger partial charge in [0.1, 0.15) is 17.4 Å². The van der Waals surface area contributed by atoms with Crippen LogP contribution in [0.3, 0.4) is 0 Å². The Labute approximate surface area is 163 Å². The molecule has 2 rings (SSSR count). The Bertz CT molecular complexity index is 903. The van der Waals surface area contributed by atoms with Crippen LogP contribution < -0.4 is 10.6 Å². The predicted molar refractivity (Wildman–Crippen MR) is 98.1 cm³/mol. The second-order valence-electron chi connectivity index (χ2n) is 5.62. The summed E-state index contributed by atoms with van der Waals surface area (Å²) < 4.78 is 36.7. The molecule has 0 aliphatic heterocycles. The van der Waals surface area contributed by atoms with Gasteiger partial charge in [0, 0.05) is 12.1 Å². The highest BCUT2D eigenvalue weighted by atomic mass is 32.2. The molecular formula is C17H17F2N3O5S. The number of esters is 1. The minimum absolute atomic E-state index is 0.184. The first kappa shape index (κ1) is 21.4. The molecule has 2 N–H and O–H groups in total. The van der Waals surface area contributed by atoms with Gasteiger partial charge in [-0.1, -0.05) is 5.16 Å². The van der Waals surface area contributed by atoms with Crippen molar-refractivity contribution in [2.24, 2.45) is 0 Å². The van der Waals surface area contributed by atoms with E-state index in [1.807, 2.05) is 0 Å². The first-order chi connectivity index (χ1) is 13.2. The van der Waals surface area contributed by atoms with Gasteiger partial charge in [0.15, 0.2) is 5.82 Å². The van der Waals surface area contributed by atoms with Crippen LogP contribution in [0.4, 0.5) is 20.3 Å². The van der Waals surface area contributed by atoms with Crippen LogP contribution in [0.15, 0.2) is 22.7 Å². The molecule has 28 heavy (non-hydrogen) atoms. The number of carbonyl (C=O) groups excluding carboxylic acids is 3. The number of nitrogens with one attached hydrogen (secondary N) is 2. The van der Waals surface area contributed by atoms with Crippen molar-refractivity contribution >= 4 is 41.1 Å². The number of nitrogens with zero attached hydrogens (tertiary/aromatic N) is 1. The van der Waals surface area contributed by atoms with Crippen LogP contribution in [0, 0.1) is 18.6 Å². The molecule has 2 aromatic rings. The molecule has 2 amide bonds. The van der Waals surface area contributed by atoms with Crippen molar-refractivity contribution in [1.29, 1.82) is 0 Å². The maximum Gasteiger partial charge on any atom is 0.340 e. The second-order valence-corrected chi connectivity index (χ2v) is 6.95. The van der Waals surface area contributed by atoms with Gasteiger partial charge in [-0.3, -0.25) is 9.59 Å². The van der Waals surface area contributed by atoms with Crippen LogP contribution in [0.25, 0.3) is 0 Å². The van der Waals surface area contributed by atoms with Crippen LogP contribution in [0.2, 0.25) is 0 Å². The van der Waals surface area contributed by atoms with E-state index in [4.69, 9.17) is 4.52 Å². The summed E-state index contributed by atoms with van der Waals surface area (Å²) >= 11 is 0.991. The number of thioether (sulfide) groups is 1. The molecule has 0 fully saturated rings. The molecule has 1 aromatic heterocycles. The highest BCUT2D eigenvalue weighted by Crippen LogP contribution is 2.21. The zero-order chi connectivity index (χ0) is 20.8. The molecule has 0 bridgehead atoms. The lowest BCUT2D eigenvalue weighted by molar-refractivity contribution is -0.115. The summed E-state index contributed by atoms with van der Waals surface area (Å²) in [6.45, 7) is 3.25. The number of rotatable bonds is 7. The summed E-state index contributed by atoms with van der Waals surface area (Å²) in [5.74, 6) is -3.59. The van der Waals surface area contributed by atoms with Gasteiger partial charge in [-0.25, -0.2) is 13.6 Å². The van der Waals surface area contributed by atoms with Crippen LogP contribution in [-0.4, -0.2) is 41.1 Å². The standard InChI is InChI=1S/C17H17F2N3O5S/c1-8-4-14(22-27-8)21-16(24)9(2)28-7-15(23)20-13-5-10(17(25)26-3)11(18)6-12(13)19/h4-6,9H,7H2,1-3H3,(H,20,23)(H,21,22,24)/t9-/m1/s1. The summed E-state index contributed by atoms with van der Waals surface area (Å²) in [5, 5.41) is 7.78. The number of benzene rings is 1. The molecular weight excluding hydrogens is 396 g/mol. The lowest BCUT2D eigenvalue weighted by Gasteiger charge is -2.12. The Kier molecular flexibility index (Phi) is 7.10. The first-order valence-electron chi connectivity index (χ1n) is 7.94. The Balaban J connectivity index is 1.93. The van der Waals surface area contributed by atoms with Crippen LogP contribution in [-0.2, 0) is 14.3 Å². The molecule has 0 aliphatic rings. The SMILES string of the molecule is COC(=O)c1cc(NC(=O)CS[C@H](C)C(=O)Nc2cc(C)on2)c(F)cc1F. The topological polar surface area (TPSA) is 111 Å². The fourth-order valence-electron chi connectivity index (χ4n) is 2.03. The number of hydrogen-bond acceptors (Lipinski definition) is 7. The molecule has 0 radical (unpaired) electrons. The van der Waals surface area contributed by atoms with Gasteiger partial charge in [0.05, 0.1) is 29.4 Å². The third-order valence-electron chi connectivity index (χ3n) is 3.45. The molecule has 0 aliphatic carbocycles. The molecule has 0 saturated carbocycles. The van der Waals surface area contributed by atoms with Crippen LogP contribution in [0.5, 0.6) is 0 Å². The van der Waals surface area contributed by atoms with E-state index in [1.54, 1.807) is 13.8 Å². The Hall–Kier alpha value is -2.95. The number of hydrogen-bond donors (Lipinski definition) is 2. The maximum atomic E-state index is 13.8. The number of methoxy groups -OCH3 is 1. The number of carbonyl (C=O) groups is 3. The van der Waals surface area contributed by atoms with Crippen molar-refractivity contribution in [1.82, 2.24) is 5.16 Å². The summed E-state index contributed by atoms with van der Waals surface area (Å²) in [4.78, 5) is 35.5. The maximum absolute atomic E-state index is 13.8. The Morgan fingerprint density at radius 2 is 1.93 bits per heavy atom. The molecule has 150 valence electrons. The molecule has 8 nitrogen and oxygen atoms in total. The average Bonchev–Trinajstić information content (AvgIpc) is 3.05. The van der Waals surface area contributed by atoms with Crippen LogP contribution >= 0.6 is 11.8 Å². The monoisotopic (exact) mass is 413 g/mol. The van der Waals surface area contributed by atoms with E-state index in [1.165, 1.54) is 6.07 Å². The molecule has 0 saturated heterocycles. The highest BCUT2D eigenvalue weighted by molar-refractivity contribution is 8.01. The van der Waals surface area contributed by atoms with Gasteiger partial charge in [-0.2, -0.15) is 0 Å². The van der Waals surface area contributed by atoms with E-state index in [0.717, 1.165) is 24.9 Å². The van der Waals surface area contributed by atoms with Crippen molar-refractivity contribution < 1.29 is 32.4 Å². The van der Waals surface area contributed by atoms with Gasteiger partial charge in [-0.05, 0) is 19.9 Å². The average molecular weight is 413 g/mol. The van der Waals surface area contributed by atoms with E-state index in [9.17, 15) is 23.2 Å². The fourth-order valence-corrected chi connectivity index (χ4v) is 2.71. The Morgan fingerprint density at radius 1 is 1.21 bits per heavy atom. The lowest BCUT2D eigenvalue weighted by atomic mass is 10.1. The molecule has 1 heterocycles.